The lowest BCUT2D eigenvalue weighted by atomic mass is 10.2. The van der Waals surface area contributed by atoms with Crippen molar-refractivity contribution in [3.63, 3.8) is 0 Å². The molecule has 1 heterocycles. The minimum Gasteiger partial charge on any atom is -0.497 e. The normalized spacial score (nSPS) is 10.1. The Balaban J connectivity index is 2.10. The van der Waals surface area contributed by atoms with E-state index in [1.807, 2.05) is 24.3 Å². The number of nitrogens with zero attached hydrogens (tertiary/aromatic N) is 3. The predicted molar refractivity (Wildman–Crippen MR) is 57.5 cm³/mol. The second-order valence-electron chi connectivity index (χ2n) is 3.27. The molecule has 0 unspecified atom stereocenters. The number of ether oxygens (including phenoxy) is 1. The first kappa shape index (κ1) is 10.4. The highest BCUT2D eigenvalue weighted by Gasteiger charge is 2.00. The van der Waals surface area contributed by atoms with E-state index in [0.717, 1.165) is 11.3 Å². The summed E-state index contributed by atoms with van der Waals surface area (Å²) in [4.78, 5) is 14.2. The lowest BCUT2D eigenvalue weighted by Gasteiger charge is -2.02. The van der Waals surface area contributed by atoms with Crippen molar-refractivity contribution in [2.45, 2.75) is 6.54 Å². The van der Waals surface area contributed by atoms with Gasteiger partial charge < -0.3 is 4.74 Å². The molecule has 0 N–H and O–H groups in total. The summed E-state index contributed by atoms with van der Waals surface area (Å²) in [5, 5.41) is 3.97. The van der Waals surface area contributed by atoms with Gasteiger partial charge in [-0.1, -0.05) is 12.1 Å². The molecule has 1 aromatic carbocycles. The van der Waals surface area contributed by atoms with Crippen molar-refractivity contribution >= 4 is 6.29 Å². The van der Waals surface area contributed by atoms with Crippen LogP contribution in [0.25, 0.3) is 0 Å². The minimum absolute atomic E-state index is 0.202. The second kappa shape index (κ2) is 4.57. The Kier molecular flexibility index (Phi) is 2.95. The molecule has 0 saturated heterocycles. The van der Waals surface area contributed by atoms with E-state index in [1.54, 1.807) is 11.8 Å². The molecule has 5 heteroatoms. The van der Waals surface area contributed by atoms with E-state index < -0.39 is 0 Å². The van der Waals surface area contributed by atoms with E-state index in [4.69, 9.17) is 4.74 Å². The van der Waals surface area contributed by atoms with Crippen molar-refractivity contribution in [2.75, 3.05) is 7.11 Å². The number of aldehydes is 1. The Hall–Kier alpha value is -2.17. The van der Waals surface area contributed by atoms with Crippen molar-refractivity contribution in [3.8, 4) is 5.75 Å². The maximum absolute atomic E-state index is 10.4. The standard InChI is InChI=1S/C11H11N3O2/c1-16-10-4-2-9(3-5-10)6-14-8-12-11(7-15)13-14/h2-5,7-8H,6H2,1H3. The van der Waals surface area contributed by atoms with E-state index in [2.05, 4.69) is 10.1 Å². The Bertz CT molecular complexity index is 476. The van der Waals surface area contributed by atoms with Crippen LogP contribution in [-0.2, 0) is 6.54 Å². The fourth-order valence-electron chi connectivity index (χ4n) is 1.36. The van der Waals surface area contributed by atoms with Gasteiger partial charge in [-0.05, 0) is 17.7 Å². The van der Waals surface area contributed by atoms with Crippen LogP contribution in [0.4, 0.5) is 0 Å². The summed E-state index contributed by atoms with van der Waals surface area (Å²) < 4.78 is 6.68. The number of hydrogen-bond acceptors (Lipinski definition) is 4. The van der Waals surface area contributed by atoms with Gasteiger partial charge in [-0.25, -0.2) is 9.67 Å². The Morgan fingerprint density at radius 2 is 2.12 bits per heavy atom. The fourth-order valence-corrected chi connectivity index (χ4v) is 1.36. The summed E-state index contributed by atoms with van der Waals surface area (Å²) >= 11 is 0. The molecule has 0 aliphatic carbocycles. The zero-order chi connectivity index (χ0) is 11.4. The quantitative estimate of drug-likeness (QED) is 0.721. The van der Waals surface area contributed by atoms with Gasteiger partial charge in [0.05, 0.1) is 13.7 Å². The van der Waals surface area contributed by atoms with Crippen LogP contribution in [0.3, 0.4) is 0 Å². The van der Waals surface area contributed by atoms with Gasteiger partial charge >= 0.3 is 0 Å². The Labute approximate surface area is 92.7 Å². The third-order valence-electron chi connectivity index (χ3n) is 2.16. The molecule has 1 aromatic heterocycles. The summed E-state index contributed by atoms with van der Waals surface area (Å²) in [6.07, 6.45) is 2.17. The topological polar surface area (TPSA) is 57.0 Å². The van der Waals surface area contributed by atoms with Crippen LogP contribution in [0.2, 0.25) is 0 Å². The van der Waals surface area contributed by atoms with Gasteiger partial charge in [-0.2, -0.15) is 0 Å². The van der Waals surface area contributed by atoms with Gasteiger partial charge in [-0.15, -0.1) is 5.10 Å². The molecular weight excluding hydrogens is 206 g/mol. The lowest BCUT2D eigenvalue weighted by molar-refractivity contribution is 0.111. The Morgan fingerprint density at radius 3 is 2.69 bits per heavy atom. The highest BCUT2D eigenvalue weighted by molar-refractivity contribution is 5.68. The number of carbonyl (C=O) groups excluding carboxylic acids is 1. The van der Waals surface area contributed by atoms with Crippen molar-refractivity contribution in [1.29, 1.82) is 0 Å². The van der Waals surface area contributed by atoms with Crippen LogP contribution >= 0.6 is 0 Å². The van der Waals surface area contributed by atoms with Crippen molar-refractivity contribution < 1.29 is 9.53 Å². The zero-order valence-corrected chi connectivity index (χ0v) is 8.83. The van der Waals surface area contributed by atoms with Crippen LogP contribution in [0.1, 0.15) is 16.2 Å². The number of methoxy groups -OCH3 is 1. The number of carbonyl (C=O) groups is 1. The molecule has 0 spiro atoms. The van der Waals surface area contributed by atoms with Crippen molar-refractivity contribution in [1.82, 2.24) is 14.8 Å². The summed E-state index contributed by atoms with van der Waals surface area (Å²) in [5.74, 6) is 1.02. The van der Waals surface area contributed by atoms with Gasteiger partial charge in [0.25, 0.3) is 0 Å². The molecule has 0 amide bonds. The van der Waals surface area contributed by atoms with Gasteiger partial charge in [0.15, 0.2) is 6.29 Å². The number of benzene rings is 1. The average molecular weight is 217 g/mol. The molecule has 5 nitrogen and oxygen atoms in total. The van der Waals surface area contributed by atoms with Crippen LogP contribution in [0, 0.1) is 0 Å². The van der Waals surface area contributed by atoms with Crippen LogP contribution < -0.4 is 4.74 Å². The highest BCUT2D eigenvalue weighted by atomic mass is 16.5. The maximum atomic E-state index is 10.4. The Morgan fingerprint density at radius 1 is 1.38 bits per heavy atom. The lowest BCUT2D eigenvalue weighted by Crippen LogP contribution is -2.00. The first-order valence-corrected chi connectivity index (χ1v) is 4.79. The fraction of sp³-hybridized carbons (Fsp3) is 0.182. The summed E-state index contributed by atoms with van der Waals surface area (Å²) in [6.45, 7) is 0.588. The molecule has 0 atom stereocenters. The number of hydrogen-bond donors (Lipinski definition) is 0. The van der Waals surface area contributed by atoms with Crippen LogP contribution in [0.15, 0.2) is 30.6 Å². The third kappa shape index (κ3) is 2.25. The minimum atomic E-state index is 0.202. The number of rotatable bonds is 4. The molecule has 0 saturated carbocycles. The first-order valence-electron chi connectivity index (χ1n) is 4.79. The third-order valence-corrected chi connectivity index (χ3v) is 2.16. The van der Waals surface area contributed by atoms with E-state index in [-0.39, 0.29) is 5.82 Å². The average Bonchev–Trinajstić information content (AvgIpc) is 2.78. The van der Waals surface area contributed by atoms with Gasteiger partial charge in [-0.3, -0.25) is 4.79 Å². The highest BCUT2D eigenvalue weighted by Crippen LogP contribution is 2.11. The van der Waals surface area contributed by atoms with Crippen LogP contribution in [-0.4, -0.2) is 28.2 Å². The maximum Gasteiger partial charge on any atom is 0.213 e. The monoisotopic (exact) mass is 217 g/mol. The molecule has 0 radical (unpaired) electrons. The zero-order valence-electron chi connectivity index (χ0n) is 8.83. The molecule has 0 aliphatic rings. The SMILES string of the molecule is COc1ccc(Cn2cnc(C=O)n2)cc1. The molecule has 0 fully saturated rings. The van der Waals surface area contributed by atoms with Crippen molar-refractivity contribution in [2.24, 2.45) is 0 Å². The molecule has 2 rings (SSSR count). The van der Waals surface area contributed by atoms with E-state index in [0.29, 0.717) is 12.8 Å². The molecule has 16 heavy (non-hydrogen) atoms. The van der Waals surface area contributed by atoms with Gasteiger partial charge in [0, 0.05) is 0 Å². The molecule has 2 aromatic rings. The molecule has 82 valence electrons. The van der Waals surface area contributed by atoms with E-state index in [9.17, 15) is 4.79 Å². The number of aromatic nitrogens is 3. The smallest absolute Gasteiger partial charge is 0.213 e. The molecule has 0 aliphatic heterocycles. The van der Waals surface area contributed by atoms with Crippen LogP contribution in [0.5, 0.6) is 5.75 Å². The second-order valence-corrected chi connectivity index (χ2v) is 3.27. The molecule has 0 bridgehead atoms. The summed E-state index contributed by atoms with van der Waals surface area (Å²) in [6, 6.07) is 7.65. The predicted octanol–water partition coefficient (Wildman–Crippen LogP) is 1.15. The van der Waals surface area contributed by atoms with Gasteiger partial charge in [0.2, 0.25) is 5.82 Å². The molecular formula is C11H11N3O2. The van der Waals surface area contributed by atoms with E-state index >= 15 is 0 Å². The van der Waals surface area contributed by atoms with Crippen molar-refractivity contribution in [3.05, 3.63) is 42.0 Å². The largest absolute Gasteiger partial charge is 0.497 e. The van der Waals surface area contributed by atoms with E-state index in [1.165, 1.54) is 6.33 Å². The first-order chi connectivity index (χ1) is 7.81. The van der Waals surface area contributed by atoms with Gasteiger partial charge in [0.1, 0.15) is 12.1 Å². The summed E-state index contributed by atoms with van der Waals surface area (Å²) in [7, 11) is 1.63. The summed E-state index contributed by atoms with van der Waals surface area (Å²) in [5.41, 5.74) is 1.07.